The fourth-order valence-electron chi connectivity index (χ4n) is 1.84. The van der Waals surface area contributed by atoms with Crippen LogP contribution >= 0.6 is 11.8 Å². The minimum atomic E-state index is -1.11. The Kier molecular flexibility index (Phi) is 5.95. The van der Waals surface area contributed by atoms with Gasteiger partial charge in [0.1, 0.15) is 11.6 Å². The van der Waals surface area contributed by atoms with Crippen molar-refractivity contribution in [2.24, 2.45) is 7.05 Å². The minimum Gasteiger partial charge on any atom is -0.480 e. The van der Waals surface area contributed by atoms with Gasteiger partial charge in [0.2, 0.25) is 0 Å². The Balaban J connectivity index is 3.09. The molecule has 1 amide bonds. The third kappa shape index (κ3) is 4.07. The van der Waals surface area contributed by atoms with E-state index in [0.717, 1.165) is 4.68 Å². The Morgan fingerprint density at radius 1 is 1.43 bits per heavy atom. The molecule has 1 heterocycles. The zero-order valence-electron chi connectivity index (χ0n) is 12.5. The van der Waals surface area contributed by atoms with Crippen LogP contribution in [0.1, 0.15) is 28.0 Å². The maximum atomic E-state index is 12.2. The van der Waals surface area contributed by atoms with Crippen LogP contribution in [-0.2, 0) is 11.8 Å². The van der Waals surface area contributed by atoms with Gasteiger partial charge in [-0.15, -0.1) is 0 Å². The summed E-state index contributed by atoms with van der Waals surface area (Å²) in [5, 5.41) is 15.5. The van der Waals surface area contributed by atoms with Gasteiger partial charge in [-0.25, -0.2) is 9.48 Å². The number of aromatic nitrogens is 2. The number of rotatable bonds is 6. The highest BCUT2D eigenvalue weighted by molar-refractivity contribution is 7.98. The molecule has 0 aliphatic rings. The Bertz CT molecular complexity index is 612. The summed E-state index contributed by atoms with van der Waals surface area (Å²) in [5.74, 6) is -1.19. The summed E-state index contributed by atoms with van der Waals surface area (Å²) in [4.78, 5) is 35.4. The Labute approximate surface area is 126 Å². The summed E-state index contributed by atoms with van der Waals surface area (Å²) in [6, 6.07) is -1.01. The molecule has 21 heavy (non-hydrogen) atoms. The fraction of sp³-hybridized carbons (Fsp3) is 0.538. The van der Waals surface area contributed by atoms with Gasteiger partial charge in [-0.2, -0.15) is 16.9 Å². The van der Waals surface area contributed by atoms with E-state index in [1.54, 1.807) is 13.8 Å². The molecule has 0 aromatic carbocycles. The smallest absolute Gasteiger partial charge is 0.326 e. The van der Waals surface area contributed by atoms with Crippen LogP contribution in [0.3, 0.4) is 0 Å². The standard InChI is InChI=1S/C13H19N3O4S/c1-7-8(2)15-16(3)12(18)10(7)11(17)14-9(13(19)20)5-6-21-4/h9H,5-6H2,1-4H3,(H,14,17)(H,19,20)/t9-/m0/s1. The lowest BCUT2D eigenvalue weighted by atomic mass is 10.1. The van der Waals surface area contributed by atoms with Crippen LogP contribution in [0.15, 0.2) is 4.79 Å². The van der Waals surface area contributed by atoms with Crippen molar-refractivity contribution < 1.29 is 14.7 Å². The third-order valence-electron chi connectivity index (χ3n) is 3.17. The first-order valence-corrected chi connectivity index (χ1v) is 7.76. The van der Waals surface area contributed by atoms with Crippen LogP contribution in [0.2, 0.25) is 0 Å². The van der Waals surface area contributed by atoms with Crippen molar-refractivity contribution in [2.45, 2.75) is 26.3 Å². The largest absolute Gasteiger partial charge is 0.480 e. The third-order valence-corrected chi connectivity index (χ3v) is 3.81. The minimum absolute atomic E-state index is 0.0552. The molecule has 0 aliphatic carbocycles. The molecule has 8 heteroatoms. The molecule has 1 atom stereocenters. The number of hydrogen-bond acceptors (Lipinski definition) is 5. The molecule has 0 saturated heterocycles. The highest BCUT2D eigenvalue weighted by atomic mass is 32.2. The lowest BCUT2D eigenvalue weighted by molar-refractivity contribution is -0.139. The lowest BCUT2D eigenvalue weighted by Crippen LogP contribution is -2.44. The predicted octanol–water partition coefficient (Wildman–Crippen LogP) is 0.333. The van der Waals surface area contributed by atoms with Crippen LogP contribution in [0.5, 0.6) is 0 Å². The van der Waals surface area contributed by atoms with E-state index in [4.69, 9.17) is 5.11 Å². The Morgan fingerprint density at radius 2 is 2.05 bits per heavy atom. The van der Waals surface area contributed by atoms with Crippen molar-refractivity contribution in [3.8, 4) is 0 Å². The van der Waals surface area contributed by atoms with Gasteiger partial charge < -0.3 is 10.4 Å². The van der Waals surface area contributed by atoms with E-state index in [-0.39, 0.29) is 5.56 Å². The predicted molar refractivity (Wildman–Crippen MR) is 80.8 cm³/mol. The number of hydrogen-bond donors (Lipinski definition) is 2. The number of amides is 1. The van der Waals surface area contributed by atoms with E-state index in [9.17, 15) is 14.4 Å². The van der Waals surface area contributed by atoms with Gasteiger partial charge in [-0.1, -0.05) is 0 Å². The first-order valence-electron chi connectivity index (χ1n) is 6.36. The number of carboxylic acid groups (broad SMARTS) is 1. The number of nitrogens with zero attached hydrogens (tertiary/aromatic N) is 2. The van der Waals surface area contributed by atoms with E-state index in [2.05, 4.69) is 10.4 Å². The second kappa shape index (κ2) is 7.26. The van der Waals surface area contributed by atoms with Crippen LogP contribution in [0, 0.1) is 13.8 Å². The second-order valence-corrected chi connectivity index (χ2v) is 5.65. The monoisotopic (exact) mass is 313 g/mol. The van der Waals surface area contributed by atoms with Gasteiger partial charge in [0, 0.05) is 7.05 Å². The second-order valence-electron chi connectivity index (χ2n) is 4.66. The molecular weight excluding hydrogens is 294 g/mol. The molecule has 2 N–H and O–H groups in total. The van der Waals surface area contributed by atoms with Crippen molar-refractivity contribution in [1.29, 1.82) is 0 Å². The van der Waals surface area contributed by atoms with Crippen molar-refractivity contribution in [2.75, 3.05) is 12.0 Å². The quantitative estimate of drug-likeness (QED) is 0.785. The average Bonchev–Trinajstić information content (AvgIpc) is 2.41. The molecule has 0 bridgehead atoms. The Morgan fingerprint density at radius 3 is 2.57 bits per heavy atom. The van der Waals surface area contributed by atoms with Crippen LogP contribution in [0.4, 0.5) is 0 Å². The molecular formula is C13H19N3O4S. The van der Waals surface area contributed by atoms with E-state index in [0.29, 0.717) is 23.4 Å². The molecule has 0 spiro atoms. The van der Waals surface area contributed by atoms with Gasteiger partial charge >= 0.3 is 5.97 Å². The number of thioether (sulfide) groups is 1. The molecule has 0 unspecified atom stereocenters. The first kappa shape index (κ1) is 17.2. The zero-order chi connectivity index (χ0) is 16.2. The van der Waals surface area contributed by atoms with Crippen LogP contribution in [0.25, 0.3) is 0 Å². The highest BCUT2D eigenvalue weighted by Gasteiger charge is 2.24. The van der Waals surface area contributed by atoms with Crippen molar-refractivity contribution >= 4 is 23.6 Å². The average molecular weight is 313 g/mol. The van der Waals surface area contributed by atoms with Gasteiger partial charge in [0.05, 0.1) is 5.69 Å². The van der Waals surface area contributed by atoms with E-state index in [1.165, 1.54) is 18.8 Å². The SMILES string of the molecule is CSCC[C@H](NC(=O)c1c(C)c(C)nn(C)c1=O)C(=O)O. The van der Waals surface area contributed by atoms with Crippen LogP contribution in [-0.4, -0.2) is 44.8 Å². The number of aliphatic carboxylic acids is 1. The maximum Gasteiger partial charge on any atom is 0.326 e. The van der Waals surface area contributed by atoms with Crippen LogP contribution < -0.4 is 10.9 Å². The van der Waals surface area contributed by atoms with Crippen molar-refractivity contribution in [3.63, 3.8) is 0 Å². The molecule has 1 aromatic heterocycles. The summed E-state index contributed by atoms with van der Waals surface area (Å²) >= 11 is 1.49. The summed E-state index contributed by atoms with van der Waals surface area (Å²) in [7, 11) is 1.45. The number of carbonyl (C=O) groups excluding carboxylic acids is 1. The normalized spacial score (nSPS) is 12.0. The molecule has 0 saturated carbocycles. The number of aryl methyl sites for hydroxylation is 2. The van der Waals surface area contributed by atoms with Gasteiger partial charge in [0.25, 0.3) is 11.5 Å². The summed E-state index contributed by atoms with van der Waals surface area (Å²) < 4.78 is 1.08. The first-order chi connectivity index (χ1) is 9.79. The van der Waals surface area contributed by atoms with Crippen molar-refractivity contribution in [1.82, 2.24) is 15.1 Å². The fourth-order valence-corrected chi connectivity index (χ4v) is 2.31. The maximum absolute atomic E-state index is 12.2. The molecule has 7 nitrogen and oxygen atoms in total. The Hall–Kier alpha value is -1.83. The van der Waals surface area contributed by atoms with Gasteiger partial charge in [0.15, 0.2) is 0 Å². The molecule has 0 fully saturated rings. The number of carbonyl (C=O) groups is 2. The van der Waals surface area contributed by atoms with E-state index >= 15 is 0 Å². The topological polar surface area (TPSA) is 101 Å². The summed E-state index contributed by atoms with van der Waals surface area (Å²) in [6.45, 7) is 3.31. The highest BCUT2D eigenvalue weighted by Crippen LogP contribution is 2.07. The summed E-state index contributed by atoms with van der Waals surface area (Å²) in [6.07, 6.45) is 2.15. The number of carboxylic acids is 1. The van der Waals surface area contributed by atoms with Gasteiger partial charge in [-0.3, -0.25) is 9.59 Å². The molecule has 1 rings (SSSR count). The zero-order valence-corrected chi connectivity index (χ0v) is 13.3. The van der Waals surface area contributed by atoms with E-state index in [1.807, 2.05) is 6.26 Å². The molecule has 0 radical (unpaired) electrons. The van der Waals surface area contributed by atoms with Crippen molar-refractivity contribution in [3.05, 3.63) is 27.2 Å². The molecule has 1 aromatic rings. The summed E-state index contributed by atoms with van der Waals surface area (Å²) in [5.41, 5.74) is 0.424. The molecule has 116 valence electrons. The molecule has 0 aliphatic heterocycles. The van der Waals surface area contributed by atoms with Gasteiger partial charge in [-0.05, 0) is 37.8 Å². The van der Waals surface area contributed by atoms with E-state index < -0.39 is 23.5 Å². The lowest BCUT2D eigenvalue weighted by Gasteiger charge is -2.15. The number of nitrogens with one attached hydrogen (secondary N) is 1.